The van der Waals surface area contributed by atoms with Crippen molar-refractivity contribution in [2.24, 2.45) is 4.99 Å². The van der Waals surface area contributed by atoms with E-state index in [0.29, 0.717) is 17.3 Å². The number of para-hydroxylation sites is 1. The number of amidine groups is 1. The van der Waals surface area contributed by atoms with E-state index in [-0.39, 0.29) is 5.91 Å². The zero-order valence-electron chi connectivity index (χ0n) is 13.1. The van der Waals surface area contributed by atoms with Crippen LogP contribution in [0.3, 0.4) is 0 Å². The van der Waals surface area contributed by atoms with Crippen molar-refractivity contribution in [3.63, 3.8) is 0 Å². The fraction of sp³-hybridized carbons (Fsp3) is 0.333. The summed E-state index contributed by atoms with van der Waals surface area (Å²) in [5, 5.41) is 3.40. The zero-order chi connectivity index (χ0) is 16.5. The molecule has 0 saturated carbocycles. The molecule has 0 unspecified atom stereocenters. The molecule has 0 bridgehead atoms. The van der Waals surface area contributed by atoms with Crippen LogP contribution in [0.15, 0.2) is 34.6 Å². The smallest absolute Gasteiger partial charge is 0.260 e. The minimum atomic E-state index is 0.0882. The van der Waals surface area contributed by atoms with Crippen molar-refractivity contribution in [2.45, 2.75) is 25.7 Å². The maximum atomic E-state index is 13.1. The molecule has 6 heteroatoms. The van der Waals surface area contributed by atoms with Crippen LogP contribution in [0.25, 0.3) is 0 Å². The Balaban J connectivity index is 1.64. The van der Waals surface area contributed by atoms with Crippen molar-refractivity contribution in [3.05, 3.63) is 50.7 Å². The van der Waals surface area contributed by atoms with Gasteiger partial charge in [0.25, 0.3) is 5.91 Å². The van der Waals surface area contributed by atoms with Crippen molar-refractivity contribution < 1.29 is 4.79 Å². The summed E-state index contributed by atoms with van der Waals surface area (Å²) in [4.78, 5) is 20.9. The molecule has 1 aromatic carbocycles. The molecule has 2 aliphatic rings. The Bertz CT molecular complexity index is 815. The van der Waals surface area contributed by atoms with Crippen LogP contribution in [0.1, 0.15) is 33.6 Å². The van der Waals surface area contributed by atoms with Gasteiger partial charge in [-0.1, -0.05) is 35.5 Å². The van der Waals surface area contributed by atoms with E-state index in [1.54, 1.807) is 23.1 Å². The summed E-state index contributed by atoms with van der Waals surface area (Å²) in [6.45, 7) is 0.706. The molecule has 4 rings (SSSR count). The highest BCUT2D eigenvalue weighted by molar-refractivity contribution is 8.14. The number of aliphatic imine (C=N–C) groups is 1. The molecule has 124 valence electrons. The Morgan fingerprint density at radius 1 is 1.21 bits per heavy atom. The lowest BCUT2D eigenvalue weighted by molar-refractivity contribution is 0.0859. The molecule has 0 radical (unpaired) electrons. The number of benzene rings is 1. The number of halogens is 1. The highest BCUT2D eigenvalue weighted by Gasteiger charge is 2.30. The summed E-state index contributed by atoms with van der Waals surface area (Å²) in [6, 6.07) is 7.49. The van der Waals surface area contributed by atoms with Crippen molar-refractivity contribution >= 4 is 51.5 Å². The normalized spacial score (nSPS) is 18.9. The Morgan fingerprint density at radius 2 is 2.04 bits per heavy atom. The molecule has 2 aromatic rings. The number of nitrogens with zero attached hydrogens (tertiary/aromatic N) is 2. The van der Waals surface area contributed by atoms with E-state index in [9.17, 15) is 4.79 Å². The van der Waals surface area contributed by atoms with Gasteiger partial charge >= 0.3 is 0 Å². The SMILES string of the molecule is O=C(c1csc2c1CCCC2)N1CCSC1=Nc1ccccc1Cl. The Kier molecular flexibility index (Phi) is 4.66. The first-order valence-electron chi connectivity index (χ1n) is 8.11. The molecule has 1 aromatic heterocycles. The molecule has 2 heterocycles. The Hall–Kier alpha value is -1.30. The predicted molar refractivity (Wildman–Crippen MR) is 103 cm³/mol. The standard InChI is InChI=1S/C18H17ClN2OS2/c19-14-6-2-3-7-15(14)20-18-21(9-10-23-18)17(22)13-11-24-16-8-4-1-5-12(13)16/h2-3,6-7,11H,1,4-5,8-10H2. The fourth-order valence-corrected chi connectivity index (χ4v) is 5.39. The van der Waals surface area contributed by atoms with Gasteiger partial charge in [0, 0.05) is 22.6 Å². The van der Waals surface area contributed by atoms with E-state index >= 15 is 0 Å². The van der Waals surface area contributed by atoms with Gasteiger partial charge in [0.1, 0.15) is 0 Å². The van der Waals surface area contributed by atoms with Gasteiger partial charge in [-0.05, 0) is 43.4 Å². The van der Waals surface area contributed by atoms with Gasteiger partial charge in [0.2, 0.25) is 0 Å². The molecular weight excluding hydrogens is 360 g/mol. The number of thioether (sulfide) groups is 1. The molecule has 24 heavy (non-hydrogen) atoms. The third-order valence-corrected chi connectivity index (χ3v) is 6.75. The molecule has 3 nitrogen and oxygen atoms in total. The molecule has 1 saturated heterocycles. The molecular formula is C18H17ClN2OS2. The number of hydrogen-bond donors (Lipinski definition) is 0. The van der Waals surface area contributed by atoms with E-state index in [1.807, 2.05) is 34.5 Å². The molecule has 1 fully saturated rings. The first-order chi connectivity index (χ1) is 11.7. The summed E-state index contributed by atoms with van der Waals surface area (Å²) in [7, 11) is 0. The lowest BCUT2D eigenvalue weighted by Gasteiger charge is -2.18. The lowest BCUT2D eigenvalue weighted by atomic mass is 9.95. The Labute approximate surface area is 154 Å². The number of hydrogen-bond acceptors (Lipinski definition) is 4. The lowest BCUT2D eigenvalue weighted by Crippen LogP contribution is -2.32. The maximum absolute atomic E-state index is 13.1. The van der Waals surface area contributed by atoms with Crippen molar-refractivity contribution in [2.75, 3.05) is 12.3 Å². The van der Waals surface area contributed by atoms with Gasteiger partial charge in [0.15, 0.2) is 5.17 Å². The van der Waals surface area contributed by atoms with Crippen molar-refractivity contribution in [3.8, 4) is 0 Å². The third kappa shape index (κ3) is 3.01. The number of amides is 1. The zero-order valence-corrected chi connectivity index (χ0v) is 15.5. The number of thiophene rings is 1. The van der Waals surface area contributed by atoms with E-state index in [4.69, 9.17) is 11.6 Å². The molecule has 1 aliphatic carbocycles. The Morgan fingerprint density at radius 3 is 2.92 bits per heavy atom. The largest absolute Gasteiger partial charge is 0.286 e. The molecule has 0 atom stereocenters. The van der Waals surface area contributed by atoms with Gasteiger partial charge in [-0.2, -0.15) is 0 Å². The summed E-state index contributed by atoms with van der Waals surface area (Å²) in [5.74, 6) is 0.964. The van der Waals surface area contributed by atoms with E-state index < -0.39 is 0 Å². The fourth-order valence-electron chi connectivity index (χ4n) is 3.15. The number of carbonyl (C=O) groups excluding carboxylic acids is 1. The average Bonchev–Trinajstić information content (AvgIpc) is 3.23. The summed E-state index contributed by atoms with van der Waals surface area (Å²) in [5.41, 5.74) is 2.86. The van der Waals surface area contributed by atoms with Crippen LogP contribution in [0, 0.1) is 0 Å². The van der Waals surface area contributed by atoms with Gasteiger partial charge in [0.05, 0.1) is 16.3 Å². The average molecular weight is 377 g/mol. The molecule has 0 spiro atoms. The summed E-state index contributed by atoms with van der Waals surface area (Å²) >= 11 is 9.55. The van der Waals surface area contributed by atoms with Gasteiger partial charge in [-0.15, -0.1) is 11.3 Å². The predicted octanol–water partition coefficient (Wildman–Crippen LogP) is 5.16. The van der Waals surface area contributed by atoms with Crippen LogP contribution in [-0.4, -0.2) is 28.3 Å². The van der Waals surface area contributed by atoms with Crippen LogP contribution in [0.5, 0.6) is 0 Å². The second-order valence-electron chi connectivity index (χ2n) is 5.91. The van der Waals surface area contributed by atoms with Gasteiger partial charge in [-0.25, -0.2) is 4.99 Å². The molecule has 1 aliphatic heterocycles. The molecule has 1 amide bonds. The quantitative estimate of drug-likeness (QED) is 0.725. The first kappa shape index (κ1) is 16.2. The van der Waals surface area contributed by atoms with E-state index in [2.05, 4.69) is 4.99 Å². The van der Waals surface area contributed by atoms with Crippen molar-refractivity contribution in [1.82, 2.24) is 4.90 Å². The number of rotatable bonds is 2. The van der Waals surface area contributed by atoms with Crippen LogP contribution in [0.2, 0.25) is 5.02 Å². The van der Waals surface area contributed by atoms with Crippen LogP contribution < -0.4 is 0 Å². The molecule has 0 N–H and O–H groups in total. The topological polar surface area (TPSA) is 32.7 Å². The maximum Gasteiger partial charge on any atom is 0.260 e. The highest BCUT2D eigenvalue weighted by atomic mass is 35.5. The highest BCUT2D eigenvalue weighted by Crippen LogP contribution is 2.33. The number of carbonyl (C=O) groups is 1. The van der Waals surface area contributed by atoms with Crippen molar-refractivity contribution in [1.29, 1.82) is 0 Å². The van der Waals surface area contributed by atoms with E-state index in [1.165, 1.54) is 23.3 Å². The number of fused-ring (bicyclic) bond motifs is 1. The summed E-state index contributed by atoms with van der Waals surface area (Å²) in [6.07, 6.45) is 4.56. The van der Waals surface area contributed by atoms with Gasteiger partial charge < -0.3 is 0 Å². The number of aryl methyl sites for hydroxylation is 1. The van der Waals surface area contributed by atoms with Crippen LogP contribution >= 0.6 is 34.7 Å². The van der Waals surface area contributed by atoms with Crippen LogP contribution in [0.4, 0.5) is 5.69 Å². The monoisotopic (exact) mass is 376 g/mol. The second-order valence-corrected chi connectivity index (χ2v) is 8.34. The summed E-state index contributed by atoms with van der Waals surface area (Å²) < 4.78 is 0. The minimum Gasteiger partial charge on any atom is -0.286 e. The minimum absolute atomic E-state index is 0.0882. The first-order valence-corrected chi connectivity index (χ1v) is 10.4. The van der Waals surface area contributed by atoms with E-state index in [0.717, 1.165) is 29.3 Å². The van der Waals surface area contributed by atoms with Gasteiger partial charge in [-0.3, -0.25) is 9.69 Å². The third-order valence-electron chi connectivity index (χ3n) is 4.38. The second kappa shape index (κ2) is 6.90. The van der Waals surface area contributed by atoms with Crippen LogP contribution in [-0.2, 0) is 12.8 Å².